The Morgan fingerprint density at radius 1 is 1.20 bits per heavy atom. The Morgan fingerprint density at radius 2 is 1.84 bits per heavy atom. The maximum atomic E-state index is 11.5. The summed E-state index contributed by atoms with van der Waals surface area (Å²) in [4.78, 5) is 4.22. The Hall–Kier alpha value is -0.130. The number of rotatable bonds is 10. The number of hydrogen-bond acceptors (Lipinski definition) is 4. The Labute approximate surface area is 170 Å². The molecule has 25 heavy (non-hydrogen) atoms. The van der Waals surface area contributed by atoms with Crippen LogP contribution in [0, 0.1) is 5.92 Å². The van der Waals surface area contributed by atoms with Crippen LogP contribution in [0.1, 0.15) is 39.0 Å². The first-order chi connectivity index (χ1) is 11.5. The lowest BCUT2D eigenvalue weighted by atomic mass is 9.98. The van der Waals surface area contributed by atoms with E-state index in [1.807, 2.05) is 0 Å². The molecule has 0 saturated carbocycles. The van der Waals surface area contributed by atoms with E-state index < -0.39 is 10.0 Å². The quantitative estimate of drug-likeness (QED) is 0.211. The number of halogens is 1. The third-order valence-electron chi connectivity index (χ3n) is 4.22. The maximum Gasteiger partial charge on any atom is 0.211 e. The van der Waals surface area contributed by atoms with Crippen molar-refractivity contribution in [2.24, 2.45) is 10.9 Å². The van der Waals surface area contributed by atoms with Gasteiger partial charge in [0.15, 0.2) is 5.96 Å². The summed E-state index contributed by atoms with van der Waals surface area (Å²) in [6.07, 6.45) is 6.30. The number of sulfonamides is 1. The molecule has 0 atom stereocenters. The van der Waals surface area contributed by atoms with Gasteiger partial charge in [-0.05, 0) is 31.6 Å². The Balaban J connectivity index is 0.00000576. The second-order valence-electron chi connectivity index (χ2n) is 6.30. The van der Waals surface area contributed by atoms with Crippen LogP contribution in [0.25, 0.3) is 0 Å². The highest BCUT2D eigenvalue weighted by Gasteiger charge is 2.24. The van der Waals surface area contributed by atoms with Crippen molar-refractivity contribution >= 4 is 40.0 Å². The van der Waals surface area contributed by atoms with Crippen LogP contribution in [0.3, 0.4) is 0 Å². The zero-order chi connectivity index (χ0) is 17.8. The molecule has 0 aromatic rings. The van der Waals surface area contributed by atoms with Crippen molar-refractivity contribution in [3.63, 3.8) is 0 Å². The fraction of sp³-hybridized carbons (Fsp3) is 0.938. The molecule has 0 aromatic carbocycles. The fourth-order valence-electron chi connectivity index (χ4n) is 2.64. The molecular formula is C16H35IN4O3S. The predicted octanol–water partition coefficient (Wildman–Crippen LogP) is 1.65. The minimum absolute atomic E-state index is 0. The summed E-state index contributed by atoms with van der Waals surface area (Å²) in [6.45, 7) is 6.66. The third-order valence-corrected chi connectivity index (χ3v) is 5.53. The van der Waals surface area contributed by atoms with Gasteiger partial charge in [0.25, 0.3) is 0 Å². The van der Waals surface area contributed by atoms with Gasteiger partial charge in [0, 0.05) is 46.4 Å². The van der Waals surface area contributed by atoms with Crippen LogP contribution in [-0.4, -0.2) is 71.4 Å². The molecule has 0 bridgehead atoms. The Morgan fingerprint density at radius 3 is 2.40 bits per heavy atom. The molecule has 0 amide bonds. The molecule has 0 spiro atoms. The van der Waals surface area contributed by atoms with Gasteiger partial charge in [0.05, 0.1) is 6.26 Å². The van der Waals surface area contributed by atoms with E-state index in [-0.39, 0.29) is 24.0 Å². The van der Waals surface area contributed by atoms with Crippen molar-refractivity contribution in [1.29, 1.82) is 0 Å². The van der Waals surface area contributed by atoms with E-state index in [1.165, 1.54) is 6.26 Å². The highest BCUT2D eigenvalue weighted by molar-refractivity contribution is 14.0. The Bertz CT molecular complexity index is 466. The number of ether oxygens (including phenoxy) is 1. The summed E-state index contributed by atoms with van der Waals surface area (Å²) in [7, 11) is -1.28. The average molecular weight is 490 g/mol. The SMILES string of the molecule is CCCCOCCCNC(=NC)NCC1CCN(S(C)(=O)=O)CC1.I. The molecule has 1 saturated heterocycles. The van der Waals surface area contributed by atoms with Crippen molar-refractivity contribution in [2.75, 3.05) is 52.7 Å². The molecule has 0 aliphatic carbocycles. The lowest BCUT2D eigenvalue weighted by Gasteiger charge is -2.30. The maximum absolute atomic E-state index is 11.5. The van der Waals surface area contributed by atoms with Crippen molar-refractivity contribution in [1.82, 2.24) is 14.9 Å². The van der Waals surface area contributed by atoms with Gasteiger partial charge in [-0.25, -0.2) is 12.7 Å². The monoisotopic (exact) mass is 490 g/mol. The molecule has 0 radical (unpaired) electrons. The minimum atomic E-state index is -3.04. The summed E-state index contributed by atoms with van der Waals surface area (Å²) in [5, 5.41) is 6.62. The molecule has 9 heteroatoms. The second kappa shape index (κ2) is 14.0. The summed E-state index contributed by atoms with van der Waals surface area (Å²) in [5.74, 6) is 1.29. The van der Waals surface area contributed by atoms with Gasteiger partial charge >= 0.3 is 0 Å². The van der Waals surface area contributed by atoms with Crippen LogP contribution >= 0.6 is 24.0 Å². The van der Waals surface area contributed by atoms with Gasteiger partial charge in [-0.1, -0.05) is 13.3 Å². The Kier molecular flexibility index (Phi) is 13.9. The van der Waals surface area contributed by atoms with Gasteiger partial charge in [0.2, 0.25) is 10.0 Å². The summed E-state index contributed by atoms with van der Waals surface area (Å²) in [6, 6.07) is 0. The number of nitrogens with one attached hydrogen (secondary N) is 2. The van der Waals surface area contributed by atoms with Crippen LogP contribution in [-0.2, 0) is 14.8 Å². The van der Waals surface area contributed by atoms with Crippen LogP contribution in [0.15, 0.2) is 4.99 Å². The molecule has 0 unspecified atom stereocenters. The van der Waals surface area contributed by atoms with Crippen LogP contribution in [0.5, 0.6) is 0 Å². The molecule has 1 aliphatic rings. The fourth-order valence-corrected chi connectivity index (χ4v) is 3.51. The first kappa shape index (κ1) is 24.9. The molecule has 7 nitrogen and oxygen atoms in total. The predicted molar refractivity (Wildman–Crippen MR) is 114 cm³/mol. The van der Waals surface area contributed by atoms with Crippen LogP contribution in [0.2, 0.25) is 0 Å². The molecule has 150 valence electrons. The zero-order valence-corrected chi connectivity index (χ0v) is 18.9. The molecule has 1 rings (SSSR count). The molecule has 2 N–H and O–H groups in total. The summed E-state index contributed by atoms with van der Waals surface area (Å²) < 4.78 is 30.1. The summed E-state index contributed by atoms with van der Waals surface area (Å²) in [5.41, 5.74) is 0. The molecular weight excluding hydrogens is 455 g/mol. The van der Waals surface area contributed by atoms with Crippen LogP contribution < -0.4 is 10.6 Å². The minimum Gasteiger partial charge on any atom is -0.381 e. The van der Waals surface area contributed by atoms with E-state index in [2.05, 4.69) is 22.5 Å². The second-order valence-corrected chi connectivity index (χ2v) is 8.29. The number of nitrogens with zero attached hydrogens (tertiary/aromatic N) is 2. The van der Waals surface area contributed by atoms with Gasteiger partial charge in [-0.15, -0.1) is 24.0 Å². The number of guanidine groups is 1. The topological polar surface area (TPSA) is 83.0 Å². The zero-order valence-electron chi connectivity index (χ0n) is 15.8. The third kappa shape index (κ3) is 11.2. The van der Waals surface area contributed by atoms with Gasteiger partial charge in [0.1, 0.15) is 0 Å². The molecule has 1 aliphatic heterocycles. The van der Waals surface area contributed by atoms with Gasteiger partial charge in [-0.2, -0.15) is 0 Å². The molecule has 1 heterocycles. The highest BCUT2D eigenvalue weighted by Crippen LogP contribution is 2.18. The van der Waals surface area contributed by atoms with Crippen molar-refractivity contribution < 1.29 is 13.2 Å². The summed E-state index contributed by atoms with van der Waals surface area (Å²) >= 11 is 0. The highest BCUT2D eigenvalue weighted by atomic mass is 127. The smallest absolute Gasteiger partial charge is 0.211 e. The lowest BCUT2D eigenvalue weighted by Crippen LogP contribution is -2.44. The van der Waals surface area contributed by atoms with E-state index in [0.29, 0.717) is 19.0 Å². The standard InChI is InChI=1S/C16H34N4O3S.HI/c1-4-5-12-23-13-6-9-18-16(17-2)19-14-15-7-10-20(11-8-15)24(3,21)22;/h15H,4-14H2,1-3H3,(H2,17,18,19);1H. The number of unbranched alkanes of at least 4 members (excludes halogenated alkanes) is 1. The van der Waals surface area contributed by atoms with E-state index >= 15 is 0 Å². The van der Waals surface area contributed by atoms with Crippen molar-refractivity contribution in [2.45, 2.75) is 39.0 Å². The van der Waals surface area contributed by atoms with Gasteiger partial charge < -0.3 is 15.4 Å². The molecule has 1 fully saturated rings. The van der Waals surface area contributed by atoms with E-state index in [0.717, 1.165) is 64.4 Å². The largest absolute Gasteiger partial charge is 0.381 e. The first-order valence-electron chi connectivity index (χ1n) is 8.94. The average Bonchev–Trinajstić information content (AvgIpc) is 2.56. The number of hydrogen-bond donors (Lipinski definition) is 2. The normalized spacial score (nSPS) is 17.2. The van der Waals surface area contributed by atoms with Crippen molar-refractivity contribution in [3.8, 4) is 0 Å². The van der Waals surface area contributed by atoms with E-state index in [4.69, 9.17) is 4.74 Å². The van der Waals surface area contributed by atoms with E-state index in [9.17, 15) is 8.42 Å². The van der Waals surface area contributed by atoms with E-state index in [1.54, 1.807) is 11.4 Å². The van der Waals surface area contributed by atoms with Crippen molar-refractivity contribution in [3.05, 3.63) is 0 Å². The first-order valence-corrected chi connectivity index (χ1v) is 10.8. The lowest BCUT2D eigenvalue weighted by molar-refractivity contribution is 0.129. The number of piperidine rings is 1. The number of aliphatic imine (C=N–C) groups is 1. The van der Waals surface area contributed by atoms with Gasteiger partial charge in [-0.3, -0.25) is 4.99 Å². The van der Waals surface area contributed by atoms with Crippen LogP contribution in [0.4, 0.5) is 0 Å². The molecule has 0 aromatic heterocycles.